The highest BCUT2D eigenvalue weighted by Crippen LogP contribution is 2.28. The van der Waals surface area contributed by atoms with Crippen LogP contribution in [0.5, 0.6) is 0 Å². The number of nitrogens with one attached hydrogen (secondary N) is 1. The summed E-state index contributed by atoms with van der Waals surface area (Å²) < 4.78 is 1.08. The van der Waals surface area contributed by atoms with Crippen molar-refractivity contribution in [1.82, 2.24) is 9.88 Å². The molecule has 0 bridgehead atoms. The highest BCUT2D eigenvalue weighted by atomic mass is 32.1. The fraction of sp³-hybridized carbons (Fsp3) is 0.526. The molecular weight excluding hydrogens is 334 g/mol. The van der Waals surface area contributed by atoms with Crippen molar-refractivity contribution in [2.24, 2.45) is 11.3 Å². The van der Waals surface area contributed by atoms with Crippen LogP contribution in [-0.4, -0.2) is 34.8 Å². The maximum absolute atomic E-state index is 12.5. The molecule has 134 valence electrons. The molecule has 1 saturated heterocycles. The van der Waals surface area contributed by atoms with Gasteiger partial charge in [-0.25, -0.2) is 4.98 Å². The molecule has 1 fully saturated rings. The summed E-state index contributed by atoms with van der Waals surface area (Å²) in [5, 5.41) is 3.61. The van der Waals surface area contributed by atoms with E-state index in [0.717, 1.165) is 10.2 Å². The topological polar surface area (TPSA) is 62.3 Å². The average molecular weight is 359 g/mol. The predicted molar refractivity (Wildman–Crippen MR) is 102 cm³/mol. The Morgan fingerprint density at radius 2 is 1.92 bits per heavy atom. The molecule has 0 saturated carbocycles. The van der Waals surface area contributed by atoms with Crippen LogP contribution in [0, 0.1) is 18.3 Å². The molecule has 0 unspecified atom stereocenters. The summed E-state index contributed by atoms with van der Waals surface area (Å²) in [5.74, 6) is 0.115. The number of thiazole rings is 1. The largest absolute Gasteiger partial charge is 0.342 e. The number of carbonyl (C=O) groups excluding carboxylic acids is 2. The molecule has 6 heteroatoms. The minimum Gasteiger partial charge on any atom is -0.342 e. The second kappa shape index (κ2) is 6.75. The van der Waals surface area contributed by atoms with E-state index in [1.165, 1.54) is 16.9 Å². The monoisotopic (exact) mass is 359 g/mol. The number of anilines is 1. The number of hydrogen-bond donors (Lipinski definition) is 1. The number of benzene rings is 1. The number of rotatable bonds is 2. The van der Waals surface area contributed by atoms with Crippen molar-refractivity contribution < 1.29 is 9.59 Å². The molecule has 1 aromatic heterocycles. The van der Waals surface area contributed by atoms with Crippen molar-refractivity contribution in [3.63, 3.8) is 0 Å². The number of fused-ring (bicyclic) bond motifs is 1. The van der Waals surface area contributed by atoms with E-state index in [0.29, 0.717) is 31.1 Å². The molecule has 0 atom stereocenters. The summed E-state index contributed by atoms with van der Waals surface area (Å²) >= 11 is 1.50. The van der Waals surface area contributed by atoms with Crippen LogP contribution in [0.15, 0.2) is 18.2 Å². The predicted octanol–water partition coefficient (Wildman–Crippen LogP) is 3.83. The van der Waals surface area contributed by atoms with Gasteiger partial charge in [0.2, 0.25) is 11.8 Å². The molecular formula is C19H25N3O2S. The van der Waals surface area contributed by atoms with Crippen LogP contribution in [0.4, 0.5) is 5.13 Å². The van der Waals surface area contributed by atoms with Crippen molar-refractivity contribution in [3.8, 4) is 0 Å². The number of aromatic nitrogens is 1. The first-order valence-corrected chi connectivity index (χ1v) is 9.53. The Morgan fingerprint density at radius 1 is 1.24 bits per heavy atom. The lowest BCUT2D eigenvalue weighted by Gasteiger charge is -2.35. The molecule has 25 heavy (non-hydrogen) atoms. The SMILES string of the molecule is Cc1ccc2nc(NC(=O)C3CCN(C(=O)C(C)(C)C)CC3)sc2c1. The Kier molecular flexibility index (Phi) is 4.82. The molecule has 5 nitrogen and oxygen atoms in total. The van der Waals surface area contributed by atoms with E-state index in [4.69, 9.17) is 0 Å². The minimum atomic E-state index is -0.367. The third-order valence-corrected chi connectivity index (χ3v) is 5.50. The Balaban J connectivity index is 1.60. The number of nitrogens with zero attached hydrogens (tertiary/aromatic N) is 2. The Bertz CT molecular complexity index is 799. The number of aryl methyl sites for hydroxylation is 1. The fourth-order valence-electron chi connectivity index (χ4n) is 3.11. The highest BCUT2D eigenvalue weighted by Gasteiger charge is 2.32. The average Bonchev–Trinajstić information content (AvgIpc) is 2.94. The van der Waals surface area contributed by atoms with E-state index >= 15 is 0 Å². The third kappa shape index (κ3) is 4.00. The van der Waals surface area contributed by atoms with Gasteiger partial charge in [0.25, 0.3) is 0 Å². The molecule has 1 N–H and O–H groups in total. The van der Waals surface area contributed by atoms with E-state index in [1.54, 1.807) is 0 Å². The zero-order valence-electron chi connectivity index (χ0n) is 15.3. The molecule has 2 amide bonds. The summed E-state index contributed by atoms with van der Waals surface area (Å²) in [4.78, 5) is 31.2. The highest BCUT2D eigenvalue weighted by molar-refractivity contribution is 7.22. The van der Waals surface area contributed by atoms with E-state index in [9.17, 15) is 9.59 Å². The van der Waals surface area contributed by atoms with Gasteiger partial charge in [-0.2, -0.15) is 0 Å². The number of likely N-dealkylation sites (tertiary alicyclic amines) is 1. The van der Waals surface area contributed by atoms with Crippen molar-refractivity contribution in [3.05, 3.63) is 23.8 Å². The van der Waals surface area contributed by atoms with Gasteiger partial charge in [0.15, 0.2) is 5.13 Å². The van der Waals surface area contributed by atoms with Crippen LogP contribution in [0.3, 0.4) is 0 Å². The number of piperidine rings is 1. The summed E-state index contributed by atoms with van der Waals surface area (Å²) in [6.07, 6.45) is 1.41. The van der Waals surface area contributed by atoms with Crippen molar-refractivity contribution in [1.29, 1.82) is 0 Å². The molecule has 2 aromatic rings. The molecule has 1 aliphatic rings. The van der Waals surface area contributed by atoms with Gasteiger partial charge in [-0.05, 0) is 37.5 Å². The first-order valence-electron chi connectivity index (χ1n) is 8.71. The fourth-order valence-corrected chi connectivity index (χ4v) is 4.08. The minimum absolute atomic E-state index is 0.0126. The van der Waals surface area contributed by atoms with Crippen LogP contribution in [-0.2, 0) is 9.59 Å². The van der Waals surface area contributed by atoms with Crippen LogP contribution in [0.1, 0.15) is 39.2 Å². The lowest BCUT2D eigenvalue weighted by Crippen LogP contribution is -2.45. The standard InChI is InChI=1S/C19H25N3O2S/c1-12-5-6-14-15(11-12)25-18(20-14)21-16(23)13-7-9-22(10-8-13)17(24)19(2,3)4/h5-6,11,13H,7-10H2,1-4H3,(H,20,21,23). The molecule has 3 rings (SSSR count). The number of amides is 2. The number of hydrogen-bond acceptors (Lipinski definition) is 4. The van der Waals surface area contributed by atoms with Gasteiger partial charge in [-0.3, -0.25) is 9.59 Å². The van der Waals surface area contributed by atoms with Crippen molar-refractivity contribution in [2.45, 2.75) is 40.5 Å². The van der Waals surface area contributed by atoms with Crippen molar-refractivity contribution in [2.75, 3.05) is 18.4 Å². The lowest BCUT2D eigenvalue weighted by molar-refractivity contribution is -0.142. The summed E-state index contributed by atoms with van der Waals surface area (Å²) in [6.45, 7) is 9.14. The van der Waals surface area contributed by atoms with Gasteiger partial charge in [-0.1, -0.05) is 38.2 Å². The Labute approximate surface area is 152 Å². The van der Waals surface area contributed by atoms with Gasteiger partial charge >= 0.3 is 0 Å². The van der Waals surface area contributed by atoms with E-state index in [1.807, 2.05) is 44.7 Å². The normalized spacial score (nSPS) is 16.2. The number of carbonyl (C=O) groups is 2. The Morgan fingerprint density at radius 3 is 2.56 bits per heavy atom. The van der Waals surface area contributed by atoms with Gasteiger partial charge in [0, 0.05) is 24.4 Å². The Hall–Kier alpha value is -1.95. The van der Waals surface area contributed by atoms with Crippen LogP contribution < -0.4 is 5.32 Å². The summed E-state index contributed by atoms with van der Waals surface area (Å²) in [7, 11) is 0. The zero-order chi connectivity index (χ0) is 18.2. The molecule has 0 aliphatic carbocycles. The third-order valence-electron chi connectivity index (χ3n) is 4.57. The molecule has 2 heterocycles. The van der Waals surface area contributed by atoms with E-state index in [2.05, 4.69) is 16.4 Å². The first-order chi connectivity index (χ1) is 11.7. The molecule has 1 aliphatic heterocycles. The molecule has 1 aromatic carbocycles. The van der Waals surface area contributed by atoms with E-state index < -0.39 is 0 Å². The first kappa shape index (κ1) is 17.9. The lowest BCUT2D eigenvalue weighted by atomic mass is 9.91. The smallest absolute Gasteiger partial charge is 0.229 e. The zero-order valence-corrected chi connectivity index (χ0v) is 16.1. The van der Waals surface area contributed by atoms with Gasteiger partial charge in [0.1, 0.15) is 0 Å². The van der Waals surface area contributed by atoms with Crippen molar-refractivity contribution >= 4 is 38.5 Å². The summed E-state index contributed by atoms with van der Waals surface area (Å²) in [6, 6.07) is 6.09. The van der Waals surface area contributed by atoms with Crippen LogP contribution in [0.25, 0.3) is 10.2 Å². The molecule has 0 spiro atoms. The van der Waals surface area contributed by atoms with Gasteiger partial charge in [-0.15, -0.1) is 0 Å². The maximum atomic E-state index is 12.5. The second-order valence-electron chi connectivity index (χ2n) is 7.80. The maximum Gasteiger partial charge on any atom is 0.229 e. The van der Waals surface area contributed by atoms with E-state index in [-0.39, 0.29) is 23.1 Å². The van der Waals surface area contributed by atoms with Crippen LogP contribution in [0.2, 0.25) is 0 Å². The molecule has 0 radical (unpaired) electrons. The second-order valence-corrected chi connectivity index (χ2v) is 8.83. The van der Waals surface area contributed by atoms with Gasteiger partial charge in [0.05, 0.1) is 10.2 Å². The quantitative estimate of drug-likeness (QED) is 0.886. The van der Waals surface area contributed by atoms with Crippen LogP contribution >= 0.6 is 11.3 Å². The summed E-state index contributed by atoms with van der Waals surface area (Å²) in [5.41, 5.74) is 1.73. The van der Waals surface area contributed by atoms with Gasteiger partial charge < -0.3 is 10.2 Å².